The Hall–Kier alpha value is -0.860. The first-order valence-corrected chi connectivity index (χ1v) is 9.64. The number of hydrogen-bond acceptors (Lipinski definition) is 4. The van der Waals surface area contributed by atoms with E-state index in [0.29, 0.717) is 12.8 Å². The third-order valence-corrected chi connectivity index (χ3v) is 8.59. The summed E-state index contributed by atoms with van der Waals surface area (Å²) in [7, 11) is 0. The van der Waals surface area contributed by atoms with Gasteiger partial charge in [0.05, 0.1) is 12.2 Å². The predicted molar refractivity (Wildman–Crippen MR) is 94.3 cm³/mol. The molecule has 0 amide bonds. The van der Waals surface area contributed by atoms with Crippen molar-refractivity contribution in [2.75, 3.05) is 0 Å². The third kappa shape index (κ3) is 2.04. The van der Waals surface area contributed by atoms with Gasteiger partial charge >= 0.3 is 0 Å². The summed E-state index contributed by atoms with van der Waals surface area (Å²) < 4.78 is 0. The van der Waals surface area contributed by atoms with Gasteiger partial charge in [-0.3, -0.25) is 0 Å². The molecule has 0 radical (unpaired) electrons. The largest absolute Gasteiger partial charge is 0.390 e. The van der Waals surface area contributed by atoms with Gasteiger partial charge in [-0.15, -0.1) is 6.42 Å². The topological polar surface area (TPSA) is 80.9 Å². The molecule has 0 aromatic heterocycles. The molecule has 0 heterocycles. The van der Waals surface area contributed by atoms with Gasteiger partial charge in [-0.1, -0.05) is 25.8 Å². The van der Waals surface area contributed by atoms with Crippen LogP contribution in [0.15, 0.2) is 11.6 Å². The second kappa shape index (κ2) is 5.33. The lowest BCUT2D eigenvalue weighted by Gasteiger charge is -2.60. The van der Waals surface area contributed by atoms with E-state index in [4.69, 9.17) is 6.42 Å². The summed E-state index contributed by atoms with van der Waals surface area (Å²) in [6.07, 6.45) is 9.78. The molecule has 0 aromatic rings. The fourth-order valence-electron chi connectivity index (χ4n) is 6.95. The minimum atomic E-state index is -1.09. The Labute approximate surface area is 150 Å². The van der Waals surface area contributed by atoms with E-state index in [1.54, 1.807) is 6.08 Å². The van der Waals surface area contributed by atoms with E-state index >= 15 is 0 Å². The van der Waals surface area contributed by atoms with Crippen molar-refractivity contribution in [3.05, 3.63) is 11.6 Å². The van der Waals surface area contributed by atoms with Crippen molar-refractivity contribution in [2.24, 2.45) is 28.6 Å². The lowest BCUT2D eigenvalue weighted by Crippen LogP contribution is -2.59. The maximum Gasteiger partial charge on any atom is 0.130 e. The Morgan fingerprint density at radius 1 is 1.04 bits per heavy atom. The minimum absolute atomic E-state index is 0.0531. The van der Waals surface area contributed by atoms with Gasteiger partial charge in [-0.2, -0.15) is 0 Å². The first-order valence-electron chi connectivity index (χ1n) is 9.64. The summed E-state index contributed by atoms with van der Waals surface area (Å²) in [5.41, 5.74) is -0.830. The Bertz CT molecular complexity index is 651. The lowest BCUT2D eigenvalue weighted by molar-refractivity contribution is -0.131. The van der Waals surface area contributed by atoms with Crippen LogP contribution in [0, 0.1) is 40.9 Å². The van der Waals surface area contributed by atoms with E-state index in [-0.39, 0.29) is 28.6 Å². The Kier molecular flexibility index (Phi) is 3.74. The van der Waals surface area contributed by atoms with Crippen molar-refractivity contribution in [1.29, 1.82) is 0 Å². The average Bonchev–Trinajstić information content (AvgIpc) is 2.86. The van der Waals surface area contributed by atoms with Crippen LogP contribution in [0.2, 0.25) is 0 Å². The summed E-state index contributed by atoms with van der Waals surface area (Å²) >= 11 is 0. The Balaban J connectivity index is 1.77. The zero-order chi connectivity index (χ0) is 18.2. The Morgan fingerprint density at radius 3 is 2.40 bits per heavy atom. The smallest absolute Gasteiger partial charge is 0.130 e. The molecular formula is C21H30O4. The molecule has 25 heavy (non-hydrogen) atoms. The fourth-order valence-corrected chi connectivity index (χ4v) is 6.95. The zero-order valence-corrected chi connectivity index (χ0v) is 15.2. The normalized spacial score (nSPS) is 57.7. The molecule has 4 aliphatic rings. The number of aliphatic hydroxyl groups excluding tert-OH is 3. The molecule has 3 saturated carbocycles. The molecule has 0 saturated heterocycles. The van der Waals surface area contributed by atoms with Crippen molar-refractivity contribution in [3.63, 3.8) is 0 Å². The average molecular weight is 346 g/mol. The number of hydrogen-bond donors (Lipinski definition) is 4. The summed E-state index contributed by atoms with van der Waals surface area (Å²) in [6, 6.07) is 0. The van der Waals surface area contributed by atoms with Gasteiger partial charge in [0, 0.05) is 5.41 Å². The molecule has 0 aromatic carbocycles. The second-order valence-electron chi connectivity index (χ2n) is 9.37. The van der Waals surface area contributed by atoms with Crippen molar-refractivity contribution < 1.29 is 20.4 Å². The van der Waals surface area contributed by atoms with Crippen LogP contribution in [0.25, 0.3) is 0 Å². The molecule has 4 N–H and O–H groups in total. The van der Waals surface area contributed by atoms with Crippen LogP contribution < -0.4 is 0 Å². The molecule has 4 aliphatic carbocycles. The molecule has 138 valence electrons. The monoisotopic (exact) mass is 346 g/mol. The van der Waals surface area contributed by atoms with Gasteiger partial charge in [0.1, 0.15) is 11.7 Å². The van der Waals surface area contributed by atoms with Crippen molar-refractivity contribution in [3.8, 4) is 12.3 Å². The highest BCUT2D eigenvalue weighted by atomic mass is 16.3. The van der Waals surface area contributed by atoms with Crippen LogP contribution in [0.4, 0.5) is 0 Å². The van der Waals surface area contributed by atoms with Gasteiger partial charge in [-0.05, 0) is 67.3 Å². The van der Waals surface area contributed by atoms with Crippen LogP contribution in [0.3, 0.4) is 0 Å². The first-order chi connectivity index (χ1) is 11.7. The maximum atomic E-state index is 11.0. The van der Waals surface area contributed by atoms with E-state index in [9.17, 15) is 20.4 Å². The first kappa shape index (κ1) is 17.5. The summed E-state index contributed by atoms with van der Waals surface area (Å²) in [6.45, 7) is 4.27. The van der Waals surface area contributed by atoms with Gasteiger partial charge in [0.15, 0.2) is 0 Å². The summed E-state index contributed by atoms with van der Waals surface area (Å²) in [5, 5.41) is 42.5. The van der Waals surface area contributed by atoms with Crippen molar-refractivity contribution in [1.82, 2.24) is 0 Å². The van der Waals surface area contributed by atoms with Gasteiger partial charge in [0.25, 0.3) is 0 Å². The SMILES string of the molecule is C#CC1(O)CC[C@H]2[C@@H]3C(O)C=C4C(O)C(O)CC[C@]4(C)[C@@H]3CC[C@@]21C. The van der Waals surface area contributed by atoms with Crippen LogP contribution in [-0.4, -0.2) is 44.3 Å². The highest BCUT2D eigenvalue weighted by Gasteiger charge is 2.65. The number of terminal acetylenes is 1. The maximum absolute atomic E-state index is 11.0. The number of aliphatic hydroxyl groups is 4. The van der Waals surface area contributed by atoms with E-state index < -0.39 is 23.9 Å². The molecule has 4 unspecified atom stereocenters. The molecule has 4 heteroatoms. The molecular weight excluding hydrogens is 316 g/mol. The standard InChI is InChI=1S/C21H30O4/c1-4-21(25)10-6-13-17-12(5-9-20(13,21)3)19(2)8-7-15(22)18(24)14(19)11-16(17)23/h1,11-13,15-18,22-25H,5-10H2,2-3H3/t12-,13+,15?,16?,17-,18?,19-,20+,21?/m1/s1. The van der Waals surface area contributed by atoms with Crippen molar-refractivity contribution >= 4 is 0 Å². The van der Waals surface area contributed by atoms with Gasteiger partial charge < -0.3 is 20.4 Å². The summed E-state index contributed by atoms with van der Waals surface area (Å²) in [4.78, 5) is 0. The highest BCUT2D eigenvalue weighted by molar-refractivity contribution is 5.33. The van der Waals surface area contributed by atoms with E-state index in [1.165, 1.54) is 0 Å². The molecule has 9 atom stereocenters. The fraction of sp³-hybridized carbons (Fsp3) is 0.810. The van der Waals surface area contributed by atoms with E-state index in [2.05, 4.69) is 19.8 Å². The minimum Gasteiger partial charge on any atom is -0.390 e. The molecule has 0 aliphatic heterocycles. The van der Waals surface area contributed by atoms with Crippen LogP contribution in [0.1, 0.15) is 52.4 Å². The Morgan fingerprint density at radius 2 is 1.72 bits per heavy atom. The number of fused-ring (bicyclic) bond motifs is 5. The molecule has 3 fully saturated rings. The quantitative estimate of drug-likeness (QED) is 0.397. The molecule has 0 spiro atoms. The highest BCUT2D eigenvalue weighted by Crippen LogP contribution is 2.66. The lowest BCUT2D eigenvalue weighted by atomic mass is 9.46. The van der Waals surface area contributed by atoms with Gasteiger partial charge in [-0.25, -0.2) is 0 Å². The predicted octanol–water partition coefficient (Wildman–Crippen LogP) is 1.62. The van der Waals surface area contributed by atoms with Crippen molar-refractivity contribution in [2.45, 2.75) is 76.3 Å². The summed E-state index contributed by atoms with van der Waals surface area (Å²) in [5.74, 6) is 3.14. The van der Waals surface area contributed by atoms with Gasteiger partial charge in [0.2, 0.25) is 0 Å². The molecule has 4 rings (SSSR count). The van der Waals surface area contributed by atoms with Crippen LogP contribution in [0.5, 0.6) is 0 Å². The number of rotatable bonds is 0. The van der Waals surface area contributed by atoms with Crippen LogP contribution >= 0.6 is 0 Å². The third-order valence-electron chi connectivity index (χ3n) is 8.59. The van der Waals surface area contributed by atoms with E-state index in [0.717, 1.165) is 31.3 Å². The zero-order valence-electron chi connectivity index (χ0n) is 15.2. The molecule has 4 nitrogen and oxygen atoms in total. The van der Waals surface area contributed by atoms with Crippen LogP contribution in [-0.2, 0) is 0 Å². The molecule has 0 bridgehead atoms. The second-order valence-corrected chi connectivity index (χ2v) is 9.37. The van der Waals surface area contributed by atoms with E-state index in [1.807, 2.05) is 0 Å².